The van der Waals surface area contributed by atoms with Gasteiger partial charge in [0.05, 0.1) is 65.1 Å². The number of carbonyl (C=O) groups excluding carboxylic acids is 4. The van der Waals surface area contributed by atoms with Crippen LogP contribution in [0.25, 0.3) is 0 Å². The highest BCUT2D eigenvalue weighted by Crippen LogP contribution is 2.44. The van der Waals surface area contributed by atoms with Gasteiger partial charge in [-0.05, 0) is 88.1 Å². The Balaban J connectivity index is 1.52. The van der Waals surface area contributed by atoms with E-state index in [1.54, 1.807) is 82.3 Å². The van der Waals surface area contributed by atoms with Crippen molar-refractivity contribution in [3.63, 3.8) is 0 Å². The first kappa shape index (κ1) is 49.1. The van der Waals surface area contributed by atoms with Crippen LogP contribution in [0, 0.1) is 11.3 Å². The molecule has 0 aliphatic carbocycles. The number of sulfone groups is 1. The highest BCUT2D eigenvalue weighted by Gasteiger charge is 2.51. The lowest BCUT2D eigenvalue weighted by Gasteiger charge is -2.44. The van der Waals surface area contributed by atoms with Crippen molar-refractivity contribution in [1.29, 1.82) is 0 Å². The fraction of sp³-hybridized carbons (Fsp3) is 0.500. The highest BCUT2D eigenvalue weighted by molar-refractivity contribution is 7.91. The fourth-order valence-corrected chi connectivity index (χ4v) is 10.3. The number of rotatable bonds is 20. The summed E-state index contributed by atoms with van der Waals surface area (Å²) in [4.78, 5) is 50.2. The summed E-state index contributed by atoms with van der Waals surface area (Å²) in [5.41, 5.74) is -0.870. The minimum absolute atomic E-state index is 0.0575. The summed E-state index contributed by atoms with van der Waals surface area (Å²) in [6.07, 6.45) is -2.61. The molecule has 0 saturated carbocycles. The van der Waals surface area contributed by atoms with Crippen molar-refractivity contribution in [2.24, 2.45) is 11.3 Å². The zero-order valence-electron chi connectivity index (χ0n) is 36.7. The van der Waals surface area contributed by atoms with E-state index in [4.69, 9.17) is 28.4 Å². The third kappa shape index (κ3) is 12.4. The van der Waals surface area contributed by atoms with Crippen LogP contribution in [0.5, 0.6) is 0 Å². The summed E-state index contributed by atoms with van der Waals surface area (Å²) in [6.45, 7) is 11.2. The van der Waals surface area contributed by atoms with Crippen LogP contribution in [0.3, 0.4) is 0 Å². The Labute approximate surface area is 369 Å². The molecule has 0 bridgehead atoms. The monoisotopic (exact) mass is 890 g/mol. The lowest BCUT2D eigenvalue weighted by atomic mass is 9.79. The Morgan fingerprint density at radius 1 is 0.889 bits per heavy atom. The van der Waals surface area contributed by atoms with Crippen LogP contribution in [0.1, 0.15) is 97.6 Å². The number of ether oxygens (including phenoxy) is 6. The van der Waals surface area contributed by atoms with E-state index in [9.17, 15) is 37.8 Å². The van der Waals surface area contributed by atoms with Gasteiger partial charge in [0.2, 0.25) is 0 Å². The number of carbonyl (C=O) groups is 4. The predicted molar refractivity (Wildman–Crippen MR) is 227 cm³/mol. The number of carboxylic acids is 2. The maximum Gasteiger partial charge on any atom is 0.332 e. The SMILES string of the molecule is C=C1[C@@H](C[C@@H]2O[C@H](C[C@H](Cc3ccccc3C(=O)[O-])c3ccccc3C(=O)[O-])[C@H](OC)[C@H]2CS(=O)(=O)c2ccccc2)O[C@@H](CCCOC(=O)C(C)(C)C)C[C@@]1(C)OC(=O)COC. The van der Waals surface area contributed by atoms with Crippen LogP contribution in [0.15, 0.2) is 95.9 Å². The summed E-state index contributed by atoms with van der Waals surface area (Å²) < 4.78 is 64.5. The Hall–Kier alpha value is -4.93. The van der Waals surface area contributed by atoms with E-state index in [2.05, 4.69) is 6.58 Å². The van der Waals surface area contributed by atoms with E-state index in [0.717, 1.165) is 0 Å². The largest absolute Gasteiger partial charge is 0.545 e. The lowest BCUT2D eigenvalue weighted by Crippen LogP contribution is -2.50. The standard InChI is InChI=1S/C48H60O14S/c1-30-39(60-33(17-15-23-59-46(54)47(2,3)4)27-48(30,5)62-42(49)28-57-6)26-40-38(29-63(55,56)34-18-9-8-10-19-34)43(58-7)41(61-40)25-32(35-20-13-14-22-37(35)45(52)53)24-31-16-11-12-21-36(31)44(50)51/h8-14,16,18-22,32-33,38-41,43H,1,15,17,23-29H2,2-7H3,(H,50,51)(H,52,53)/p-2/t32-,33-,38-,39+,40-,41+,43+,48+/m0/s1. The second-order valence-corrected chi connectivity index (χ2v) is 19.5. The third-order valence-corrected chi connectivity index (χ3v) is 13.7. The van der Waals surface area contributed by atoms with Crippen molar-refractivity contribution in [1.82, 2.24) is 0 Å². The average Bonchev–Trinajstić information content (AvgIpc) is 3.54. The molecule has 2 aliphatic heterocycles. The van der Waals surface area contributed by atoms with Gasteiger partial charge in [-0.15, -0.1) is 0 Å². The van der Waals surface area contributed by atoms with Crippen LogP contribution in [0.2, 0.25) is 0 Å². The molecular formula is C48H58O14S-2. The third-order valence-electron chi connectivity index (χ3n) is 11.8. The maximum atomic E-state index is 14.2. The maximum absolute atomic E-state index is 14.2. The van der Waals surface area contributed by atoms with Crippen molar-refractivity contribution in [3.8, 4) is 0 Å². The zero-order chi connectivity index (χ0) is 46.1. The summed E-state index contributed by atoms with van der Waals surface area (Å²) in [5.74, 6) is -5.68. The van der Waals surface area contributed by atoms with Gasteiger partial charge in [-0.3, -0.25) is 4.79 Å². The van der Waals surface area contributed by atoms with E-state index in [0.29, 0.717) is 29.5 Å². The molecule has 63 heavy (non-hydrogen) atoms. The summed E-state index contributed by atoms with van der Waals surface area (Å²) >= 11 is 0. The molecule has 2 aliphatic rings. The molecule has 342 valence electrons. The van der Waals surface area contributed by atoms with Crippen molar-refractivity contribution >= 4 is 33.7 Å². The van der Waals surface area contributed by atoms with Gasteiger partial charge in [0.15, 0.2) is 9.84 Å². The molecule has 0 radical (unpaired) electrons. The van der Waals surface area contributed by atoms with Crippen molar-refractivity contribution in [2.45, 2.75) is 113 Å². The van der Waals surface area contributed by atoms with Crippen LogP contribution >= 0.6 is 0 Å². The lowest BCUT2D eigenvalue weighted by molar-refractivity contribution is -0.256. The Morgan fingerprint density at radius 3 is 2.16 bits per heavy atom. The van der Waals surface area contributed by atoms with Gasteiger partial charge >= 0.3 is 11.9 Å². The molecule has 3 aromatic rings. The molecule has 2 saturated heterocycles. The molecule has 0 N–H and O–H groups in total. The molecule has 15 heteroatoms. The summed E-state index contributed by atoms with van der Waals surface area (Å²) in [5, 5.41) is 24.7. The molecule has 2 fully saturated rings. The second-order valence-electron chi connectivity index (χ2n) is 17.5. The molecule has 3 aromatic carbocycles. The Morgan fingerprint density at radius 2 is 1.52 bits per heavy atom. The number of hydrogen-bond donors (Lipinski definition) is 0. The van der Waals surface area contributed by atoms with Gasteiger partial charge in [0.1, 0.15) is 12.2 Å². The van der Waals surface area contributed by atoms with E-state index < -0.39 is 86.9 Å². The zero-order valence-corrected chi connectivity index (χ0v) is 37.6. The van der Waals surface area contributed by atoms with Crippen LogP contribution < -0.4 is 10.2 Å². The minimum Gasteiger partial charge on any atom is -0.545 e. The van der Waals surface area contributed by atoms with Crippen LogP contribution in [-0.2, 0) is 54.3 Å². The van der Waals surface area contributed by atoms with Crippen molar-refractivity contribution in [3.05, 3.63) is 113 Å². The molecular weight excluding hydrogens is 833 g/mol. The summed E-state index contributed by atoms with van der Waals surface area (Å²) in [6, 6.07) is 20.6. The first-order valence-electron chi connectivity index (χ1n) is 21.1. The minimum atomic E-state index is -3.95. The average molecular weight is 891 g/mol. The number of esters is 2. The van der Waals surface area contributed by atoms with Gasteiger partial charge in [-0.2, -0.15) is 0 Å². The van der Waals surface area contributed by atoms with Crippen LogP contribution in [0.4, 0.5) is 0 Å². The Kier molecular flexibility index (Phi) is 16.5. The second kappa shape index (κ2) is 21.2. The van der Waals surface area contributed by atoms with E-state index in [1.165, 1.54) is 38.5 Å². The molecule has 14 nitrogen and oxygen atoms in total. The van der Waals surface area contributed by atoms with Gasteiger partial charge in [-0.25, -0.2) is 13.2 Å². The van der Waals surface area contributed by atoms with Gasteiger partial charge in [0.25, 0.3) is 0 Å². The van der Waals surface area contributed by atoms with E-state index >= 15 is 0 Å². The topological polar surface area (TPSA) is 204 Å². The predicted octanol–water partition coefficient (Wildman–Crippen LogP) is 4.42. The molecule has 0 aromatic heterocycles. The number of benzene rings is 3. The molecule has 8 atom stereocenters. The molecule has 0 amide bonds. The van der Waals surface area contributed by atoms with Gasteiger partial charge < -0.3 is 48.2 Å². The van der Waals surface area contributed by atoms with Crippen molar-refractivity contribution < 1.29 is 66.2 Å². The normalized spacial score (nSPS) is 24.4. The smallest absolute Gasteiger partial charge is 0.332 e. The number of carboxylic acid groups (broad SMARTS) is 2. The van der Waals surface area contributed by atoms with Gasteiger partial charge in [0, 0.05) is 44.1 Å². The quantitative estimate of drug-likeness (QED) is 0.0876. The van der Waals surface area contributed by atoms with E-state index in [-0.39, 0.29) is 60.9 Å². The van der Waals surface area contributed by atoms with Gasteiger partial charge in [-0.1, -0.05) is 73.3 Å². The molecule has 0 spiro atoms. The first-order chi connectivity index (χ1) is 29.8. The fourth-order valence-electron chi connectivity index (χ4n) is 8.66. The van der Waals surface area contributed by atoms with Crippen molar-refractivity contribution in [2.75, 3.05) is 33.2 Å². The Bertz CT molecular complexity index is 2200. The molecule has 5 rings (SSSR count). The number of aromatic carboxylic acids is 2. The first-order valence-corrected chi connectivity index (χ1v) is 22.7. The molecule has 0 unspecified atom stereocenters. The van der Waals surface area contributed by atoms with E-state index in [1.807, 2.05) is 0 Å². The number of methoxy groups -OCH3 is 2. The van der Waals surface area contributed by atoms with Crippen LogP contribution in [-0.4, -0.2) is 102 Å². The highest BCUT2D eigenvalue weighted by atomic mass is 32.2. The molecule has 2 heterocycles. The number of hydrogen-bond acceptors (Lipinski definition) is 14. The summed E-state index contributed by atoms with van der Waals surface area (Å²) in [7, 11) is -1.13.